The van der Waals surface area contributed by atoms with E-state index in [0.717, 1.165) is 19.4 Å². The number of aromatic nitrogens is 1. The Kier molecular flexibility index (Phi) is 5.45. The van der Waals surface area contributed by atoms with Crippen LogP contribution in [-0.2, 0) is 19.8 Å². The molecule has 0 unspecified atom stereocenters. The number of nitrogens with zero attached hydrogens (tertiary/aromatic N) is 2. The van der Waals surface area contributed by atoms with Crippen molar-refractivity contribution in [2.45, 2.75) is 58.3 Å². The van der Waals surface area contributed by atoms with Crippen molar-refractivity contribution in [3.63, 3.8) is 0 Å². The fraction of sp³-hybridized carbons (Fsp3) is 0.647. The number of ether oxygens (including phenoxy) is 2. The fourth-order valence-electron chi connectivity index (χ4n) is 2.51. The Morgan fingerprint density at radius 2 is 2.35 bits per heavy atom. The molecule has 1 fully saturated rings. The third-order valence-corrected chi connectivity index (χ3v) is 3.85. The van der Waals surface area contributed by atoms with Crippen molar-refractivity contribution in [1.29, 1.82) is 5.26 Å². The summed E-state index contributed by atoms with van der Waals surface area (Å²) in [6, 6.07) is 3.78. The molecule has 0 radical (unpaired) electrons. The average molecular weight is 319 g/mol. The Bertz CT molecular complexity index is 589. The van der Waals surface area contributed by atoms with Crippen LogP contribution in [0.15, 0.2) is 12.3 Å². The molecule has 126 valence electrons. The predicted molar refractivity (Wildman–Crippen MR) is 87.2 cm³/mol. The highest BCUT2D eigenvalue weighted by Gasteiger charge is 2.23. The number of nitriles is 1. The number of nitrogens with one attached hydrogen (secondary N) is 1. The monoisotopic (exact) mass is 319 g/mol. The normalized spacial score (nSPS) is 19.3. The largest absolute Gasteiger partial charge is 0.376 e. The zero-order valence-electron chi connectivity index (χ0n) is 14.3. The van der Waals surface area contributed by atoms with Crippen LogP contribution in [0.1, 0.15) is 46.1 Å². The molecule has 1 aromatic heterocycles. The number of rotatable bonds is 5. The first kappa shape index (κ1) is 17.5. The zero-order valence-corrected chi connectivity index (χ0v) is 14.3. The van der Waals surface area contributed by atoms with E-state index in [1.54, 1.807) is 19.2 Å². The summed E-state index contributed by atoms with van der Waals surface area (Å²) in [7, 11) is 0. The summed E-state index contributed by atoms with van der Waals surface area (Å²) < 4.78 is 13.0. The molecule has 0 aliphatic carbocycles. The highest BCUT2D eigenvalue weighted by molar-refractivity contribution is 5.93. The first-order valence-corrected chi connectivity index (χ1v) is 7.98. The summed E-state index contributed by atoms with van der Waals surface area (Å²) in [6.07, 6.45) is 3.28. The highest BCUT2D eigenvalue weighted by atomic mass is 16.5. The van der Waals surface area contributed by atoms with Crippen LogP contribution in [0.5, 0.6) is 0 Å². The Morgan fingerprint density at radius 3 is 2.91 bits per heavy atom. The van der Waals surface area contributed by atoms with Crippen molar-refractivity contribution in [2.24, 2.45) is 0 Å². The Morgan fingerprint density at radius 1 is 1.61 bits per heavy atom. The Balaban J connectivity index is 1.98. The van der Waals surface area contributed by atoms with Gasteiger partial charge in [-0.1, -0.05) is 0 Å². The van der Waals surface area contributed by atoms with Crippen LogP contribution in [0.4, 0.5) is 5.82 Å². The van der Waals surface area contributed by atoms with E-state index in [4.69, 9.17) is 14.7 Å². The minimum atomic E-state index is -0.576. The molecule has 0 saturated carbocycles. The lowest BCUT2D eigenvalue weighted by Crippen LogP contribution is -2.32. The molecule has 1 saturated heterocycles. The smallest absolute Gasteiger partial charge is 0.254 e. The summed E-state index contributed by atoms with van der Waals surface area (Å²) in [5.41, 5.74) is 0.280. The lowest BCUT2D eigenvalue weighted by atomic mass is 10.1. The Hall–Kier alpha value is -1.84. The second-order valence-electron chi connectivity index (χ2n) is 6.87. The van der Waals surface area contributed by atoms with Gasteiger partial charge in [-0.2, -0.15) is 5.26 Å². The minimum Gasteiger partial charge on any atom is -0.376 e. The average Bonchev–Trinajstić information content (AvgIpc) is 3.13. The summed E-state index contributed by atoms with van der Waals surface area (Å²) in [4.78, 5) is 12.3. The molecule has 1 aliphatic rings. The third kappa shape index (κ3) is 4.57. The van der Waals surface area contributed by atoms with Gasteiger partial charge in [0.1, 0.15) is 18.0 Å². The van der Waals surface area contributed by atoms with Gasteiger partial charge in [-0.15, -0.1) is 0 Å². The molecule has 2 rings (SSSR count). The number of hydrogen-bond acceptors (Lipinski definition) is 4. The molecule has 6 nitrogen and oxygen atoms in total. The van der Waals surface area contributed by atoms with E-state index in [1.807, 2.05) is 25.3 Å². The maximum atomic E-state index is 12.3. The molecule has 2 heterocycles. The minimum absolute atomic E-state index is 0.0916. The van der Waals surface area contributed by atoms with Crippen molar-refractivity contribution >= 4 is 11.7 Å². The molecular formula is C17H25N3O3. The van der Waals surface area contributed by atoms with Crippen molar-refractivity contribution in [3.8, 4) is 6.07 Å². The fourth-order valence-corrected chi connectivity index (χ4v) is 2.51. The van der Waals surface area contributed by atoms with Crippen molar-refractivity contribution in [1.82, 2.24) is 4.57 Å². The van der Waals surface area contributed by atoms with Crippen LogP contribution in [0.2, 0.25) is 0 Å². The second-order valence-corrected chi connectivity index (χ2v) is 6.87. The van der Waals surface area contributed by atoms with Gasteiger partial charge in [-0.05, 0) is 46.6 Å². The SMILES string of the molecule is C[C@@H](OC[C@@H]1CCCO1)C(=O)Nc1cc(C#N)cn1C(C)(C)C. The molecule has 0 aromatic carbocycles. The molecule has 2 atom stereocenters. The molecule has 6 heteroatoms. The Labute approximate surface area is 137 Å². The number of carbonyl (C=O) groups is 1. The first-order chi connectivity index (χ1) is 10.8. The summed E-state index contributed by atoms with van der Waals surface area (Å²) in [6.45, 7) is 8.96. The van der Waals surface area contributed by atoms with Gasteiger partial charge in [0, 0.05) is 18.3 Å². The first-order valence-electron chi connectivity index (χ1n) is 7.98. The van der Waals surface area contributed by atoms with Crippen LogP contribution < -0.4 is 5.32 Å². The van der Waals surface area contributed by atoms with Crippen molar-refractivity contribution < 1.29 is 14.3 Å². The summed E-state index contributed by atoms with van der Waals surface area (Å²) >= 11 is 0. The van der Waals surface area contributed by atoms with Crippen molar-refractivity contribution in [3.05, 3.63) is 17.8 Å². The summed E-state index contributed by atoms with van der Waals surface area (Å²) in [5, 5.41) is 11.9. The zero-order chi connectivity index (χ0) is 17.0. The van der Waals surface area contributed by atoms with E-state index in [0.29, 0.717) is 18.0 Å². The molecule has 0 bridgehead atoms. The van der Waals surface area contributed by atoms with E-state index < -0.39 is 6.10 Å². The van der Waals surface area contributed by atoms with Crippen LogP contribution in [0.25, 0.3) is 0 Å². The molecule has 23 heavy (non-hydrogen) atoms. The topological polar surface area (TPSA) is 76.3 Å². The third-order valence-electron chi connectivity index (χ3n) is 3.85. The van der Waals surface area contributed by atoms with E-state index in [9.17, 15) is 4.79 Å². The van der Waals surface area contributed by atoms with E-state index in [1.165, 1.54) is 0 Å². The van der Waals surface area contributed by atoms with Gasteiger partial charge in [0.2, 0.25) is 0 Å². The maximum Gasteiger partial charge on any atom is 0.254 e. The van der Waals surface area contributed by atoms with Gasteiger partial charge in [-0.25, -0.2) is 0 Å². The molecular weight excluding hydrogens is 294 g/mol. The maximum absolute atomic E-state index is 12.3. The van der Waals surface area contributed by atoms with E-state index in [-0.39, 0.29) is 17.6 Å². The number of carbonyl (C=O) groups excluding carboxylic acids is 1. The van der Waals surface area contributed by atoms with Crippen LogP contribution in [0, 0.1) is 11.3 Å². The molecule has 1 amide bonds. The quantitative estimate of drug-likeness (QED) is 0.905. The van der Waals surface area contributed by atoms with Gasteiger partial charge in [-0.3, -0.25) is 4.79 Å². The molecule has 1 N–H and O–H groups in total. The van der Waals surface area contributed by atoms with Crippen LogP contribution in [-0.4, -0.2) is 35.9 Å². The lowest BCUT2D eigenvalue weighted by Gasteiger charge is -2.25. The van der Waals surface area contributed by atoms with Crippen LogP contribution >= 0.6 is 0 Å². The molecule has 1 aromatic rings. The van der Waals surface area contributed by atoms with Gasteiger partial charge in [0.15, 0.2) is 0 Å². The summed E-state index contributed by atoms with van der Waals surface area (Å²) in [5.74, 6) is 0.378. The standard InChI is InChI=1S/C17H25N3O3/c1-12(23-11-14-6-5-7-22-14)16(21)19-15-8-13(9-18)10-20(15)17(2,3)4/h8,10,12,14H,5-7,11H2,1-4H3,(H,19,21)/t12-,14+/m1/s1. The van der Waals surface area contributed by atoms with Crippen LogP contribution in [0.3, 0.4) is 0 Å². The number of hydrogen-bond donors (Lipinski definition) is 1. The van der Waals surface area contributed by atoms with Gasteiger partial charge in [0.05, 0.1) is 18.3 Å². The molecule has 0 spiro atoms. The van der Waals surface area contributed by atoms with Gasteiger partial charge < -0.3 is 19.4 Å². The highest BCUT2D eigenvalue weighted by Crippen LogP contribution is 2.24. The van der Waals surface area contributed by atoms with E-state index in [2.05, 4.69) is 11.4 Å². The molecule has 1 aliphatic heterocycles. The van der Waals surface area contributed by atoms with Crippen molar-refractivity contribution in [2.75, 3.05) is 18.5 Å². The van der Waals surface area contributed by atoms with E-state index >= 15 is 0 Å². The van der Waals surface area contributed by atoms with Gasteiger partial charge in [0.25, 0.3) is 5.91 Å². The predicted octanol–water partition coefficient (Wildman–Crippen LogP) is 2.64. The number of amides is 1. The lowest BCUT2D eigenvalue weighted by molar-refractivity contribution is -0.128. The second kappa shape index (κ2) is 7.16. The van der Waals surface area contributed by atoms with Gasteiger partial charge >= 0.3 is 0 Å². The number of anilines is 1.